The molecule has 1 unspecified atom stereocenters. The van der Waals surface area contributed by atoms with E-state index < -0.39 is 5.97 Å². The molecule has 1 saturated heterocycles. The summed E-state index contributed by atoms with van der Waals surface area (Å²) in [6.07, 6.45) is 3.78. The molecule has 0 radical (unpaired) electrons. The Morgan fingerprint density at radius 1 is 1.25 bits per heavy atom. The van der Waals surface area contributed by atoms with E-state index in [1.165, 1.54) is 23.9 Å². The van der Waals surface area contributed by atoms with E-state index in [0.717, 1.165) is 11.1 Å². The van der Waals surface area contributed by atoms with E-state index in [2.05, 4.69) is 10.3 Å². The van der Waals surface area contributed by atoms with E-state index in [-0.39, 0.29) is 22.7 Å². The highest BCUT2D eigenvalue weighted by Crippen LogP contribution is 2.46. The third kappa shape index (κ3) is 4.05. The SMILES string of the molecule is CCc1cc(C(=O)O)c(Nc2ccncc2)c(C)c1N1C(=O)CSC1c1ccc(F)cc1. The largest absolute Gasteiger partial charge is 0.478 e. The number of carbonyl (C=O) groups excluding carboxylic acids is 1. The number of anilines is 3. The van der Waals surface area contributed by atoms with Crippen LogP contribution in [0.25, 0.3) is 0 Å². The minimum absolute atomic E-state index is 0.0694. The molecule has 3 aromatic rings. The molecule has 164 valence electrons. The number of carbonyl (C=O) groups is 2. The fourth-order valence-corrected chi connectivity index (χ4v) is 5.09. The van der Waals surface area contributed by atoms with Crippen molar-refractivity contribution in [3.05, 3.63) is 82.9 Å². The quantitative estimate of drug-likeness (QED) is 0.528. The Labute approximate surface area is 189 Å². The van der Waals surface area contributed by atoms with Gasteiger partial charge in [0.05, 0.1) is 22.7 Å². The minimum atomic E-state index is -1.05. The van der Waals surface area contributed by atoms with Gasteiger partial charge in [-0.15, -0.1) is 11.8 Å². The highest BCUT2D eigenvalue weighted by Gasteiger charge is 2.37. The number of aromatic nitrogens is 1. The summed E-state index contributed by atoms with van der Waals surface area (Å²) in [7, 11) is 0. The molecule has 0 spiro atoms. The minimum Gasteiger partial charge on any atom is -0.478 e. The van der Waals surface area contributed by atoms with Gasteiger partial charge in [-0.05, 0) is 60.4 Å². The molecule has 0 aliphatic carbocycles. The van der Waals surface area contributed by atoms with Crippen molar-refractivity contribution >= 4 is 40.7 Å². The number of carboxylic acid groups (broad SMARTS) is 1. The topological polar surface area (TPSA) is 82.5 Å². The second-order valence-corrected chi connectivity index (χ2v) is 8.50. The molecule has 2 heterocycles. The standard InChI is InChI=1S/C24H22FN3O3S/c1-3-15-12-19(24(30)31)21(27-18-8-10-26-11-9-18)14(2)22(15)28-20(29)13-32-23(28)16-4-6-17(25)7-5-16/h4-12,23H,3,13H2,1-2H3,(H,26,27)(H,30,31). The molecule has 1 amide bonds. The van der Waals surface area contributed by atoms with Crippen molar-refractivity contribution in [2.45, 2.75) is 25.6 Å². The maximum atomic E-state index is 13.5. The van der Waals surface area contributed by atoms with Crippen molar-refractivity contribution in [1.29, 1.82) is 0 Å². The Morgan fingerprint density at radius 3 is 2.56 bits per heavy atom. The van der Waals surface area contributed by atoms with Gasteiger partial charge in [-0.1, -0.05) is 19.1 Å². The number of nitrogens with one attached hydrogen (secondary N) is 1. The van der Waals surface area contributed by atoms with E-state index in [1.807, 2.05) is 13.8 Å². The lowest BCUT2D eigenvalue weighted by molar-refractivity contribution is -0.115. The van der Waals surface area contributed by atoms with Gasteiger partial charge in [-0.2, -0.15) is 0 Å². The first-order valence-corrected chi connectivity index (χ1v) is 11.2. The molecule has 1 fully saturated rings. The van der Waals surface area contributed by atoms with Crippen LogP contribution in [0.4, 0.5) is 21.5 Å². The number of aryl methyl sites for hydroxylation is 1. The maximum Gasteiger partial charge on any atom is 0.337 e. The van der Waals surface area contributed by atoms with Crippen LogP contribution in [0.2, 0.25) is 0 Å². The first-order chi connectivity index (χ1) is 15.4. The number of rotatable bonds is 6. The van der Waals surface area contributed by atoms with Crippen LogP contribution in [0.15, 0.2) is 54.9 Å². The summed E-state index contributed by atoms with van der Waals surface area (Å²) >= 11 is 1.47. The summed E-state index contributed by atoms with van der Waals surface area (Å²) in [4.78, 5) is 30.8. The lowest BCUT2D eigenvalue weighted by Crippen LogP contribution is -2.30. The van der Waals surface area contributed by atoms with Gasteiger partial charge in [0.2, 0.25) is 5.91 Å². The lowest BCUT2D eigenvalue weighted by atomic mass is 9.96. The highest BCUT2D eigenvalue weighted by molar-refractivity contribution is 8.00. The zero-order valence-corrected chi connectivity index (χ0v) is 18.4. The van der Waals surface area contributed by atoms with Crippen LogP contribution in [0.1, 0.15) is 39.3 Å². The number of carboxylic acids is 1. The molecule has 4 rings (SSSR count). The second-order valence-electron chi connectivity index (χ2n) is 7.43. The van der Waals surface area contributed by atoms with Crippen molar-refractivity contribution in [3.63, 3.8) is 0 Å². The van der Waals surface area contributed by atoms with Gasteiger partial charge >= 0.3 is 5.97 Å². The highest BCUT2D eigenvalue weighted by atomic mass is 32.2. The average Bonchev–Trinajstić information content (AvgIpc) is 3.16. The van der Waals surface area contributed by atoms with Crippen LogP contribution < -0.4 is 10.2 Å². The van der Waals surface area contributed by atoms with Crippen LogP contribution in [0, 0.1) is 12.7 Å². The normalized spacial score (nSPS) is 15.8. The second kappa shape index (κ2) is 9.00. The Bertz CT molecular complexity index is 1170. The number of halogens is 1. The molecular formula is C24H22FN3O3S. The van der Waals surface area contributed by atoms with E-state index in [9.17, 15) is 19.1 Å². The molecule has 6 nitrogen and oxygen atoms in total. The molecule has 0 saturated carbocycles. The third-order valence-electron chi connectivity index (χ3n) is 5.45. The molecule has 2 aromatic carbocycles. The van der Waals surface area contributed by atoms with Gasteiger partial charge in [-0.25, -0.2) is 9.18 Å². The molecule has 1 aliphatic heterocycles. The number of hydrogen-bond donors (Lipinski definition) is 2. The first-order valence-electron chi connectivity index (χ1n) is 10.2. The van der Waals surface area contributed by atoms with Crippen LogP contribution in [-0.2, 0) is 11.2 Å². The van der Waals surface area contributed by atoms with Crippen molar-refractivity contribution < 1.29 is 19.1 Å². The summed E-state index contributed by atoms with van der Waals surface area (Å²) < 4.78 is 13.5. The van der Waals surface area contributed by atoms with E-state index in [4.69, 9.17) is 0 Å². The summed E-state index contributed by atoms with van der Waals surface area (Å²) in [5.41, 5.74) is 4.20. The summed E-state index contributed by atoms with van der Waals surface area (Å²) in [5.74, 6) is -1.17. The predicted octanol–water partition coefficient (Wildman–Crippen LogP) is 5.31. The van der Waals surface area contributed by atoms with Crippen molar-refractivity contribution in [2.75, 3.05) is 16.0 Å². The summed E-state index contributed by atoms with van der Waals surface area (Å²) in [6, 6.07) is 11.3. The average molecular weight is 452 g/mol. The van der Waals surface area contributed by atoms with E-state index in [1.54, 1.807) is 47.6 Å². The molecule has 8 heteroatoms. The lowest BCUT2D eigenvalue weighted by Gasteiger charge is -2.30. The molecule has 1 aromatic heterocycles. The number of aromatic carboxylic acids is 1. The van der Waals surface area contributed by atoms with Crippen LogP contribution in [0.3, 0.4) is 0 Å². The smallest absolute Gasteiger partial charge is 0.337 e. The van der Waals surface area contributed by atoms with Crippen LogP contribution in [-0.4, -0.2) is 27.7 Å². The van der Waals surface area contributed by atoms with Gasteiger partial charge in [0, 0.05) is 18.1 Å². The van der Waals surface area contributed by atoms with Crippen molar-refractivity contribution in [1.82, 2.24) is 4.98 Å². The zero-order chi connectivity index (χ0) is 22.8. The number of hydrogen-bond acceptors (Lipinski definition) is 5. The van der Waals surface area contributed by atoms with E-state index in [0.29, 0.717) is 34.8 Å². The molecule has 1 aliphatic rings. The zero-order valence-electron chi connectivity index (χ0n) is 17.6. The van der Waals surface area contributed by atoms with Crippen molar-refractivity contribution in [2.24, 2.45) is 0 Å². The number of nitrogens with zero attached hydrogens (tertiary/aromatic N) is 2. The Kier molecular flexibility index (Phi) is 6.14. The Balaban J connectivity index is 1.88. The number of thioether (sulfide) groups is 1. The Hall–Kier alpha value is -3.39. The van der Waals surface area contributed by atoms with E-state index >= 15 is 0 Å². The van der Waals surface area contributed by atoms with Gasteiger partial charge in [0.25, 0.3) is 0 Å². The van der Waals surface area contributed by atoms with Gasteiger partial charge in [-0.3, -0.25) is 14.7 Å². The third-order valence-corrected chi connectivity index (χ3v) is 6.66. The van der Waals surface area contributed by atoms with Crippen LogP contribution in [0.5, 0.6) is 0 Å². The fraction of sp³-hybridized carbons (Fsp3) is 0.208. The summed E-state index contributed by atoms with van der Waals surface area (Å²) in [5, 5.41) is 12.8. The van der Waals surface area contributed by atoms with Crippen LogP contribution >= 0.6 is 11.8 Å². The first kappa shape index (κ1) is 21.8. The molecule has 1 atom stereocenters. The van der Waals surface area contributed by atoms with Gasteiger partial charge in [0.1, 0.15) is 11.2 Å². The predicted molar refractivity (Wildman–Crippen MR) is 124 cm³/mol. The number of pyridine rings is 1. The number of benzene rings is 2. The summed E-state index contributed by atoms with van der Waals surface area (Å²) in [6.45, 7) is 3.75. The molecule has 0 bridgehead atoms. The van der Waals surface area contributed by atoms with Gasteiger partial charge in [0.15, 0.2) is 0 Å². The fourth-order valence-electron chi connectivity index (χ4n) is 3.93. The van der Waals surface area contributed by atoms with Gasteiger partial charge < -0.3 is 10.4 Å². The molecule has 2 N–H and O–H groups in total. The maximum absolute atomic E-state index is 13.5. The Morgan fingerprint density at radius 2 is 1.94 bits per heavy atom. The number of amides is 1. The monoisotopic (exact) mass is 451 g/mol. The molecule has 32 heavy (non-hydrogen) atoms. The van der Waals surface area contributed by atoms with Crippen molar-refractivity contribution in [3.8, 4) is 0 Å². The molecular weight excluding hydrogens is 429 g/mol.